The number of ether oxygens (including phenoxy) is 2. The normalized spacial score (nSPS) is 32.7. The van der Waals surface area contributed by atoms with Crippen LogP contribution in [0.5, 0.6) is 11.8 Å². The molecule has 3 unspecified atom stereocenters. The van der Waals surface area contributed by atoms with Crippen LogP contribution in [0.3, 0.4) is 0 Å². The van der Waals surface area contributed by atoms with Crippen LogP contribution in [0.4, 0.5) is 0 Å². The predicted molar refractivity (Wildman–Crippen MR) is 71.7 cm³/mol. The molecule has 3 atom stereocenters. The summed E-state index contributed by atoms with van der Waals surface area (Å²) in [4.78, 5) is 0. The van der Waals surface area contributed by atoms with Crippen molar-refractivity contribution in [2.24, 2.45) is 11.8 Å². The first-order valence-electron chi connectivity index (χ1n) is 7.24. The van der Waals surface area contributed by atoms with E-state index in [1.54, 1.807) is 0 Å². The summed E-state index contributed by atoms with van der Waals surface area (Å²) in [6, 6.07) is 0.640. The number of nitrogens with zero attached hydrogens (tertiary/aromatic N) is 2. The Labute approximate surface area is 117 Å². The van der Waals surface area contributed by atoms with E-state index in [1.165, 1.54) is 31.0 Å². The summed E-state index contributed by atoms with van der Waals surface area (Å²) in [5.41, 5.74) is 0. The Bertz CT molecular complexity index is 449. The van der Waals surface area contributed by atoms with Gasteiger partial charge in [-0.1, -0.05) is 12.8 Å². The monoisotopic (exact) mass is 281 g/mol. The average Bonchev–Trinajstić information content (AvgIpc) is 2.84. The number of piperidine rings is 1. The molecule has 2 aliphatic carbocycles. The first-order chi connectivity index (χ1) is 9.38. The Morgan fingerprint density at radius 1 is 1.21 bits per heavy atom. The SMILES string of the molecule is C(CC1CC1)Oc1nsnc1OC1CC2CC1CN2. The van der Waals surface area contributed by atoms with Gasteiger partial charge in [0.2, 0.25) is 0 Å². The Morgan fingerprint density at radius 2 is 2.11 bits per heavy atom. The Hall–Kier alpha value is -0.880. The van der Waals surface area contributed by atoms with Crippen LogP contribution in [-0.4, -0.2) is 34.0 Å². The largest absolute Gasteiger partial charge is 0.473 e. The van der Waals surface area contributed by atoms with E-state index >= 15 is 0 Å². The summed E-state index contributed by atoms with van der Waals surface area (Å²) >= 11 is 1.18. The fraction of sp³-hybridized carbons (Fsp3) is 0.846. The maximum atomic E-state index is 6.03. The molecule has 5 nitrogen and oxygen atoms in total. The minimum atomic E-state index is 0.293. The van der Waals surface area contributed by atoms with Crippen molar-refractivity contribution in [2.45, 2.75) is 44.2 Å². The van der Waals surface area contributed by atoms with Gasteiger partial charge in [0.25, 0.3) is 11.8 Å². The molecule has 3 aliphatic rings. The first kappa shape index (κ1) is 11.9. The van der Waals surface area contributed by atoms with Crippen LogP contribution in [0, 0.1) is 11.8 Å². The maximum Gasteiger partial charge on any atom is 0.291 e. The molecule has 1 aliphatic heterocycles. The minimum Gasteiger partial charge on any atom is -0.473 e. The molecule has 6 heteroatoms. The summed E-state index contributed by atoms with van der Waals surface area (Å²) in [7, 11) is 0. The van der Waals surface area contributed by atoms with Crippen LogP contribution < -0.4 is 14.8 Å². The molecule has 2 heterocycles. The van der Waals surface area contributed by atoms with Crippen molar-refractivity contribution in [1.29, 1.82) is 0 Å². The van der Waals surface area contributed by atoms with Crippen LogP contribution in [0.1, 0.15) is 32.1 Å². The summed E-state index contributed by atoms with van der Waals surface area (Å²) in [5.74, 6) is 2.72. The van der Waals surface area contributed by atoms with Gasteiger partial charge in [0, 0.05) is 24.9 Å². The minimum absolute atomic E-state index is 0.293. The molecule has 1 aromatic rings. The van der Waals surface area contributed by atoms with E-state index in [1.807, 2.05) is 0 Å². The van der Waals surface area contributed by atoms with Gasteiger partial charge in [-0.05, 0) is 18.8 Å². The second kappa shape index (κ2) is 4.90. The van der Waals surface area contributed by atoms with Gasteiger partial charge in [0.1, 0.15) is 6.10 Å². The summed E-state index contributed by atoms with van der Waals surface area (Å²) in [6.45, 7) is 1.81. The summed E-state index contributed by atoms with van der Waals surface area (Å²) < 4.78 is 20.2. The standard InChI is InChI=1S/C13H19N3O2S/c1-2-8(1)3-4-17-12-13(16-19-15-12)18-11-6-10-5-9(11)7-14-10/h8-11,14H,1-7H2. The van der Waals surface area contributed by atoms with Gasteiger partial charge in [-0.2, -0.15) is 0 Å². The van der Waals surface area contributed by atoms with Crippen molar-refractivity contribution in [2.75, 3.05) is 13.2 Å². The van der Waals surface area contributed by atoms with E-state index in [2.05, 4.69) is 14.1 Å². The molecule has 2 saturated carbocycles. The summed E-state index contributed by atoms with van der Waals surface area (Å²) in [5, 5.41) is 3.49. The predicted octanol–water partition coefficient (Wildman–Crippen LogP) is 1.85. The van der Waals surface area contributed by atoms with Crippen molar-refractivity contribution in [3.8, 4) is 11.8 Å². The van der Waals surface area contributed by atoms with E-state index in [-0.39, 0.29) is 0 Å². The van der Waals surface area contributed by atoms with Crippen LogP contribution in [0.25, 0.3) is 0 Å². The molecule has 104 valence electrons. The number of hydrogen-bond acceptors (Lipinski definition) is 6. The van der Waals surface area contributed by atoms with Gasteiger partial charge in [-0.15, -0.1) is 8.75 Å². The molecule has 19 heavy (non-hydrogen) atoms. The van der Waals surface area contributed by atoms with E-state index in [9.17, 15) is 0 Å². The van der Waals surface area contributed by atoms with Gasteiger partial charge in [-0.3, -0.25) is 0 Å². The second-order valence-electron chi connectivity index (χ2n) is 5.95. The molecule has 0 spiro atoms. The number of rotatable bonds is 6. The molecule has 3 fully saturated rings. The number of fused-ring (bicyclic) bond motifs is 2. The van der Waals surface area contributed by atoms with E-state index in [0.717, 1.165) is 31.9 Å². The van der Waals surface area contributed by atoms with Crippen molar-refractivity contribution in [3.05, 3.63) is 0 Å². The van der Waals surface area contributed by atoms with Gasteiger partial charge in [0.05, 0.1) is 18.3 Å². The Kier molecular flexibility index (Phi) is 3.07. The van der Waals surface area contributed by atoms with Gasteiger partial charge >= 0.3 is 0 Å². The van der Waals surface area contributed by atoms with Crippen molar-refractivity contribution in [3.63, 3.8) is 0 Å². The number of aromatic nitrogens is 2. The van der Waals surface area contributed by atoms with Crippen LogP contribution in [0.2, 0.25) is 0 Å². The molecule has 0 amide bonds. The zero-order chi connectivity index (χ0) is 12.7. The van der Waals surface area contributed by atoms with Crippen molar-refractivity contribution in [1.82, 2.24) is 14.1 Å². The topological polar surface area (TPSA) is 56.3 Å². The number of hydrogen-bond donors (Lipinski definition) is 1. The third-order valence-electron chi connectivity index (χ3n) is 4.45. The van der Waals surface area contributed by atoms with Crippen molar-refractivity contribution < 1.29 is 9.47 Å². The highest BCUT2D eigenvalue weighted by Gasteiger charge is 2.41. The fourth-order valence-corrected chi connectivity index (χ4v) is 3.58. The van der Waals surface area contributed by atoms with Crippen LogP contribution in [-0.2, 0) is 0 Å². The highest BCUT2D eigenvalue weighted by atomic mass is 32.1. The quantitative estimate of drug-likeness (QED) is 0.862. The molecular formula is C13H19N3O2S. The molecule has 1 aromatic heterocycles. The lowest BCUT2D eigenvalue weighted by atomic mass is 10.1. The van der Waals surface area contributed by atoms with Crippen LogP contribution in [0.15, 0.2) is 0 Å². The van der Waals surface area contributed by atoms with Gasteiger partial charge in [0.15, 0.2) is 0 Å². The lowest BCUT2D eigenvalue weighted by Gasteiger charge is -2.22. The lowest BCUT2D eigenvalue weighted by molar-refractivity contribution is 0.132. The summed E-state index contributed by atoms with van der Waals surface area (Å²) in [6.07, 6.45) is 6.47. The Morgan fingerprint density at radius 3 is 2.84 bits per heavy atom. The molecule has 2 bridgehead atoms. The van der Waals surface area contributed by atoms with Gasteiger partial charge < -0.3 is 14.8 Å². The zero-order valence-corrected chi connectivity index (χ0v) is 11.7. The fourth-order valence-electron chi connectivity index (χ4n) is 3.14. The van der Waals surface area contributed by atoms with E-state index in [4.69, 9.17) is 9.47 Å². The highest BCUT2D eigenvalue weighted by molar-refractivity contribution is 6.99. The zero-order valence-electron chi connectivity index (χ0n) is 10.9. The highest BCUT2D eigenvalue weighted by Crippen LogP contribution is 2.37. The maximum absolute atomic E-state index is 6.03. The Balaban J connectivity index is 1.34. The molecule has 1 saturated heterocycles. The first-order valence-corrected chi connectivity index (χ1v) is 7.97. The molecule has 1 N–H and O–H groups in total. The van der Waals surface area contributed by atoms with Crippen LogP contribution >= 0.6 is 11.7 Å². The molecule has 4 rings (SSSR count). The van der Waals surface area contributed by atoms with E-state index in [0.29, 0.717) is 29.8 Å². The molecule has 0 aromatic carbocycles. The second-order valence-corrected chi connectivity index (χ2v) is 6.48. The van der Waals surface area contributed by atoms with Gasteiger partial charge in [-0.25, -0.2) is 0 Å². The smallest absolute Gasteiger partial charge is 0.291 e. The van der Waals surface area contributed by atoms with E-state index < -0.39 is 0 Å². The number of nitrogens with one attached hydrogen (secondary N) is 1. The third kappa shape index (κ3) is 2.56. The molecular weight excluding hydrogens is 262 g/mol. The lowest BCUT2D eigenvalue weighted by Crippen LogP contribution is -2.35. The van der Waals surface area contributed by atoms with Crippen molar-refractivity contribution >= 4 is 11.7 Å². The molecule has 0 radical (unpaired) electrons. The average molecular weight is 281 g/mol. The third-order valence-corrected chi connectivity index (χ3v) is 4.95.